The number of likely N-dealkylation sites (tertiary alicyclic amines) is 1. The van der Waals surface area contributed by atoms with Crippen molar-refractivity contribution in [2.24, 2.45) is 11.3 Å². The first-order valence-electron chi connectivity index (χ1n) is 11.0. The number of carbonyl (C=O) groups is 1. The zero-order chi connectivity index (χ0) is 23.0. The monoisotopic (exact) mass is 430 g/mol. The molecule has 1 fully saturated rings. The molecule has 0 spiro atoms. The predicted molar refractivity (Wildman–Crippen MR) is 125 cm³/mol. The van der Waals surface area contributed by atoms with E-state index in [1.165, 1.54) is 0 Å². The third-order valence-electron chi connectivity index (χ3n) is 6.45. The van der Waals surface area contributed by atoms with Gasteiger partial charge in [-0.25, -0.2) is 14.8 Å². The maximum Gasteiger partial charge on any atom is 0.318 e. The molecule has 1 saturated heterocycles. The summed E-state index contributed by atoms with van der Waals surface area (Å²) in [6.07, 6.45) is 11.2. The van der Waals surface area contributed by atoms with E-state index in [0.29, 0.717) is 31.8 Å². The lowest BCUT2D eigenvalue weighted by molar-refractivity contribution is 0.0831. The van der Waals surface area contributed by atoms with Crippen LogP contribution in [-0.4, -0.2) is 58.4 Å². The number of carbonyl (C=O) groups excluding carboxylic acids is 1. The van der Waals surface area contributed by atoms with Gasteiger partial charge in [0.15, 0.2) is 0 Å². The smallest absolute Gasteiger partial charge is 0.318 e. The summed E-state index contributed by atoms with van der Waals surface area (Å²) < 4.78 is 0. The third-order valence-corrected chi connectivity index (χ3v) is 6.45. The Bertz CT molecular complexity index is 769. The Kier molecular flexibility index (Phi) is 9.00. The lowest BCUT2D eigenvalue weighted by Gasteiger charge is -2.42. The van der Waals surface area contributed by atoms with Gasteiger partial charge in [-0.05, 0) is 44.7 Å². The summed E-state index contributed by atoms with van der Waals surface area (Å²) >= 11 is 0. The van der Waals surface area contributed by atoms with E-state index in [2.05, 4.69) is 47.4 Å². The highest BCUT2D eigenvalue weighted by Gasteiger charge is 2.37. The molecule has 2 heterocycles. The second-order valence-electron chi connectivity index (χ2n) is 8.86. The van der Waals surface area contributed by atoms with Gasteiger partial charge in [0, 0.05) is 36.5 Å². The van der Waals surface area contributed by atoms with E-state index in [4.69, 9.17) is 5.73 Å². The largest absolute Gasteiger partial charge is 0.393 e. The second kappa shape index (κ2) is 11.2. The van der Waals surface area contributed by atoms with Crippen molar-refractivity contribution in [1.82, 2.24) is 25.5 Å². The number of nitrogens with one attached hydrogen (secondary N) is 2. The van der Waals surface area contributed by atoms with Gasteiger partial charge in [-0.2, -0.15) is 0 Å². The van der Waals surface area contributed by atoms with E-state index in [-0.39, 0.29) is 29.7 Å². The highest BCUT2D eigenvalue weighted by Crippen LogP contribution is 2.34. The Morgan fingerprint density at radius 3 is 2.52 bits per heavy atom. The molecule has 172 valence electrons. The molecular formula is C23H38N6O2. The van der Waals surface area contributed by atoms with Gasteiger partial charge in [0.25, 0.3) is 0 Å². The number of piperidine rings is 1. The molecule has 1 aromatic heterocycles. The predicted octanol–water partition coefficient (Wildman–Crippen LogP) is 2.78. The summed E-state index contributed by atoms with van der Waals surface area (Å²) in [5, 5.41) is 16.2. The topological polar surface area (TPSA) is 116 Å². The first-order valence-corrected chi connectivity index (χ1v) is 11.0. The fraction of sp³-hybridized carbons (Fsp3) is 0.609. The van der Waals surface area contributed by atoms with Crippen LogP contribution in [0.2, 0.25) is 0 Å². The third kappa shape index (κ3) is 6.77. The van der Waals surface area contributed by atoms with E-state index < -0.39 is 0 Å². The van der Waals surface area contributed by atoms with Crippen LogP contribution in [0.15, 0.2) is 30.6 Å². The molecule has 0 saturated carbocycles. The number of aliphatic hydroxyl groups is 1. The van der Waals surface area contributed by atoms with Gasteiger partial charge in [0.2, 0.25) is 5.95 Å². The molecule has 0 aromatic carbocycles. The molecular weight excluding hydrogens is 392 g/mol. The quantitative estimate of drug-likeness (QED) is 0.372. The molecule has 8 heteroatoms. The van der Waals surface area contributed by atoms with Crippen molar-refractivity contribution in [2.45, 2.75) is 59.2 Å². The summed E-state index contributed by atoms with van der Waals surface area (Å²) in [4.78, 5) is 22.6. The summed E-state index contributed by atoms with van der Waals surface area (Å²) in [6, 6.07) is -0.0822. The second-order valence-corrected chi connectivity index (χ2v) is 8.86. The summed E-state index contributed by atoms with van der Waals surface area (Å²) in [6.45, 7) is 9.71. The molecule has 2 amide bonds. The Balaban J connectivity index is 2.04. The molecule has 0 bridgehead atoms. The average molecular weight is 431 g/mol. The zero-order valence-electron chi connectivity index (χ0n) is 19.4. The fourth-order valence-electron chi connectivity index (χ4n) is 3.71. The van der Waals surface area contributed by atoms with Gasteiger partial charge in [0.1, 0.15) is 0 Å². The zero-order valence-corrected chi connectivity index (χ0v) is 19.4. The fourth-order valence-corrected chi connectivity index (χ4v) is 3.71. The summed E-state index contributed by atoms with van der Waals surface area (Å²) in [7, 11) is 1.88. The Hall–Kier alpha value is -2.45. The molecule has 0 aliphatic carbocycles. The Morgan fingerprint density at radius 1 is 1.35 bits per heavy atom. The number of nitrogens with two attached hydrogens (primary N) is 1. The summed E-state index contributed by atoms with van der Waals surface area (Å²) in [5.74, 6) is 0.592. The Labute approximate surface area is 186 Å². The molecule has 1 aliphatic heterocycles. The number of hydrogen-bond donors (Lipinski definition) is 4. The van der Waals surface area contributed by atoms with Gasteiger partial charge < -0.3 is 21.1 Å². The van der Waals surface area contributed by atoms with Gasteiger partial charge in [-0.15, -0.1) is 0 Å². The average Bonchev–Trinajstić information content (AvgIpc) is 2.75. The SMILES string of the molecule is CNC(NC(=O)N1CCC(O)CC1)C(C)(CC=CC=C(C)c1cnc(N)nc1)C(C)C. The van der Waals surface area contributed by atoms with Crippen molar-refractivity contribution in [3.8, 4) is 0 Å². The molecule has 1 aliphatic rings. The highest BCUT2D eigenvalue weighted by molar-refractivity contribution is 5.74. The van der Waals surface area contributed by atoms with Crippen LogP contribution in [0.1, 0.15) is 52.5 Å². The van der Waals surface area contributed by atoms with Crippen molar-refractivity contribution in [2.75, 3.05) is 25.9 Å². The molecule has 5 N–H and O–H groups in total. The van der Waals surface area contributed by atoms with Crippen molar-refractivity contribution in [3.63, 3.8) is 0 Å². The normalized spacial score (nSPS) is 18.9. The highest BCUT2D eigenvalue weighted by atomic mass is 16.3. The molecule has 2 rings (SSSR count). The van der Waals surface area contributed by atoms with Crippen LogP contribution >= 0.6 is 0 Å². The molecule has 31 heavy (non-hydrogen) atoms. The number of anilines is 1. The summed E-state index contributed by atoms with van der Waals surface area (Å²) in [5.41, 5.74) is 7.33. The number of urea groups is 1. The van der Waals surface area contributed by atoms with Crippen molar-refractivity contribution >= 4 is 17.6 Å². The minimum Gasteiger partial charge on any atom is -0.393 e. The molecule has 2 atom stereocenters. The number of aromatic nitrogens is 2. The van der Waals surface area contributed by atoms with Crippen LogP contribution in [0, 0.1) is 11.3 Å². The van der Waals surface area contributed by atoms with E-state index in [1.807, 2.05) is 26.1 Å². The minimum absolute atomic E-state index is 0.0822. The number of nitrogen functional groups attached to an aromatic ring is 1. The number of hydrogen-bond acceptors (Lipinski definition) is 6. The standard InChI is InChI=1S/C23H38N6O2/c1-16(2)23(4,11-7-6-8-17(3)18-14-26-21(24)27-15-18)20(25-5)28-22(31)29-12-9-19(30)10-13-29/h6-8,14-16,19-20,25,30H,9-13H2,1-5H3,(H,28,31)(H2,24,26,27). The minimum atomic E-state index is -0.300. The van der Waals surface area contributed by atoms with Gasteiger partial charge in [-0.1, -0.05) is 39.0 Å². The number of amides is 2. The molecule has 2 unspecified atom stereocenters. The van der Waals surface area contributed by atoms with Crippen molar-refractivity contribution < 1.29 is 9.90 Å². The lowest BCUT2D eigenvalue weighted by atomic mass is 9.73. The van der Waals surface area contributed by atoms with E-state index >= 15 is 0 Å². The van der Waals surface area contributed by atoms with Crippen LogP contribution < -0.4 is 16.4 Å². The maximum atomic E-state index is 12.8. The number of nitrogens with zero attached hydrogens (tertiary/aromatic N) is 3. The van der Waals surface area contributed by atoms with Crippen molar-refractivity contribution in [1.29, 1.82) is 0 Å². The van der Waals surface area contributed by atoms with E-state index in [1.54, 1.807) is 17.3 Å². The first kappa shape index (κ1) is 24.8. The van der Waals surface area contributed by atoms with Crippen molar-refractivity contribution in [3.05, 3.63) is 36.2 Å². The number of aliphatic hydroxyl groups excluding tert-OH is 1. The van der Waals surface area contributed by atoms with Crippen LogP contribution in [0.4, 0.5) is 10.7 Å². The van der Waals surface area contributed by atoms with E-state index in [9.17, 15) is 9.90 Å². The first-order chi connectivity index (χ1) is 14.7. The molecule has 1 aromatic rings. The van der Waals surface area contributed by atoms with Gasteiger partial charge in [0.05, 0.1) is 12.3 Å². The van der Waals surface area contributed by atoms with E-state index in [0.717, 1.165) is 17.6 Å². The number of allylic oxidation sites excluding steroid dienone is 4. The van der Waals surface area contributed by atoms with Gasteiger partial charge >= 0.3 is 6.03 Å². The van der Waals surface area contributed by atoms with Crippen LogP contribution in [0.25, 0.3) is 5.57 Å². The lowest BCUT2D eigenvalue weighted by Crippen LogP contribution is -2.59. The number of rotatable bonds is 8. The molecule has 8 nitrogen and oxygen atoms in total. The van der Waals surface area contributed by atoms with Crippen LogP contribution in [0.5, 0.6) is 0 Å². The Morgan fingerprint density at radius 2 is 1.97 bits per heavy atom. The van der Waals surface area contributed by atoms with Gasteiger partial charge in [-0.3, -0.25) is 5.32 Å². The van der Waals surface area contributed by atoms with Crippen LogP contribution in [0.3, 0.4) is 0 Å². The molecule has 0 radical (unpaired) electrons. The van der Waals surface area contributed by atoms with Crippen LogP contribution in [-0.2, 0) is 0 Å². The maximum absolute atomic E-state index is 12.8.